The highest BCUT2D eigenvalue weighted by molar-refractivity contribution is 5.94. The number of hydrogen-bond donors (Lipinski definition) is 3. The average molecular weight is 535 g/mol. The van der Waals surface area contributed by atoms with Crippen molar-refractivity contribution in [1.29, 1.82) is 0 Å². The maximum absolute atomic E-state index is 12.5. The lowest BCUT2D eigenvalue weighted by molar-refractivity contribution is 0.0357. The molecule has 10 heteroatoms. The minimum atomic E-state index is -0.172. The van der Waals surface area contributed by atoms with Crippen molar-refractivity contribution >= 4 is 34.1 Å². The molecule has 0 bridgehead atoms. The molecular formula is C29H38N6O4. The van der Waals surface area contributed by atoms with E-state index in [4.69, 9.17) is 14.2 Å². The van der Waals surface area contributed by atoms with Gasteiger partial charge in [-0.1, -0.05) is 25.3 Å². The number of methoxy groups -OCH3 is 1. The molecule has 0 atom stereocenters. The summed E-state index contributed by atoms with van der Waals surface area (Å²) in [5.41, 5.74) is 2.25. The number of aromatic nitrogens is 2. The fourth-order valence-corrected chi connectivity index (χ4v) is 5.14. The van der Waals surface area contributed by atoms with Gasteiger partial charge >= 0.3 is 6.03 Å². The van der Waals surface area contributed by atoms with Crippen molar-refractivity contribution in [3.05, 3.63) is 42.7 Å². The molecule has 1 aromatic heterocycles. The third kappa shape index (κ3) is 7.48. The number of fused-ring (bicyclic) bond motifs is 1. The zero-order valence-electron chi connectivity index (χ0n) is 22.6. The van der Waals surface area contributed by atoms with Crippen LogP contribution in [0.1, 0.15) is 38.5 Å². The van der Waals surface area contributed by atoms with Crippen LogP contribution in [0.5, 0.6) is 11.5 Å². The smallest absolute Gasteiger partial charge is 0.319 e. The second-order valence-electron chi connectivity index (χ2n) is 10.0. The van der Waals surface area contributed by atoms with Crippen LogP contribution in [-0.4, -0.2) is 73.5 Å². The summed E-state index contributed by atoms with van der Waals surface area (Å²) in [5.74, 6) is 1.93. The number of nitrogens with zero attached hydrogens (tertiary/aromatic N) is 3. The van der Waals surface area contributed by atoms with Crippen LogP contribution in [0.25, 0.3) is 10.9 Å². The van der Waals surface area contributed by atoms with E-state index in [1.165, 1.54) is 25.6 Å². The van der Waals surface area contributed by atoms with Crippen molar-refractivity contribution in [2.75, 3.05) is 57.2 Å². The molecule has 208 valence electrons. The van der Waals surface area contributed by atoms with Crippen LogP contribution in [-0.2, 0) is 4.74 Å². The number of hydrogen-bond acceptors (Lipinski definition) is 8. The van der Waals surface area contributed by atoms with Gasteiger partial charge in [0.1, 0.15) is 12.1 Å². The molecule has 3 N–H and O–H groups in total. The second kappa shape index (κ2) is 13.4. The molecule has 1 aliphatic carbocycles. The molecule has 2 amide bonds. The largest absolute Gasteiger partial charge is 0.493 e. The predicted molar refractivity (Wildman–Crippen MR) is 152 cm³/mol. The number of ether oxygens (including phenoxy) is 3. The zero-order chi connectivity index (χ0) is 26.9. The molecule has 3 aromatic rings. The topological polar surface area (TPSA) is 110 Å². The summed E-state index contributed by atoms with van der Waals surface area (Å²) in [7, 11) is 1.63. The number of nitrogens with one attached hydrogen (secondary N) is 3. The van der Waals surface area contributed by atoms with Crippen LogP contribution in [0.3, 0.4) is 0 Å². The number of urea groups is 1. The lowest BCUT2D eigenvalue weighted by Crippen LogP contribution is -2.39. The Morgan fingerprint density at radius 2 is 1.87 bits per heavy atom. The van der Waals surface area contributed by atoms with Gasteiger partial charge < -0.3 is 30.2 Å². The third-order valence-corrected chi connectivity index (χ3v) is 7.22. The van der Waals surface area contributed by atoms with Gasteiger partial charge in [-0.15, -0.1) is 0 Å². The van der Waals surface area contributed by atoms with Crippen molar-refractivity contribution in [3.63, 3.8) is 0 Å². The fourth-order valence-electron chi connectivity index (χ4n) is 5.14. The van der Waals surface area contributed by atoms with Crippen molar-refractivity contribution in [2.24, 2.45) is 0 Å². The van der Waals surface area contributed by atoms with E-state index in [0.29, 0.717) is 29.6 Å². The Morgan fingerprint density at radius 1 is 1.05 bits per heavy atom. The lowest BCUT2D eigenvalue weighted by Gasteiger charge is -2.26. The van der Waals surface area contributed by atoms with Gasteiger partial charge in [0.2, 0.25) is 0 Å². The molecular weight excluding hydrogens is 496 g/mol. The second-order valence-corrected chi connectivity index (χ2v) is 10.0. The standard InChI is InChI=1S/C29H38N6O4/c1-37-26-19-25-24(18-27(26)39-14-6-11-35-12-15-38-16-13-35)28(31-20-30-25)32-22-9-5-10-23(17-22)34-29(36)33-21-7-3-2-4-8-21/h5,9-10,17-21H,2-4,6-8,11-16H2,1H3,(H,30,31,32)(H2,33,34,36). The normalized spacial score (nSPS) is 16.5. The van der Waals surface area contributed by atoms with E-state index in [2.05, 4.69) is 30.8 Å². The molecule has 0 radical (unpaired) electrons. The van der Waals surface area contributed by atoms with E-state index in [1.54, 1.807) is 7.11 Å². The van der Waals surface area contributed by atoms with Gasteiger partial charge in [-0.2, -0.15) is 0 Å². The van der Waals surface area contributed by atoms with Crippen molar-refractivity contribution in [3.8, 4) is 11.5 Å². The number of carbonyl (C=O) groups excluding carboxylic acids is 1. The van der Waals surface area contributed by atoms with Crippen LogP contribution in [0.2, 0.25) is 0 Å². The summed E-state index contributed by atoms with van der Waals surface area (Å²) in [4.78, 5) is 23.8. The molecule has 0 spiro atoms. The van der Waals surface area contributed by atoms with Crippen molar-refractivity contribution in [1.82, 2.24) is 20.2 Å². The Morgan fingerprint density at radius 3 is 2.69 bits per heavy atom. The average Bonchev–Trinajstić information content (AvgIpc) is 2.96. The van der Waals surface area contributed by atoms with Gasteiger partial charge in [-0.05, 0) is 43.5 Å². The van der Waals surface area contributed by atoms with Gasteiger partial charge in [0, 0.05) is 48.5 Å². The summed E-state index contributed by atoms with van der Waals surface area (Å²) in [6.45, 7) is 5.06. The van der Waals surface area contributed by atoms with E-state index < -0.39 is 0 Å². The Balaban J connectivity index is 1.25. The molecule has 10 nitrogen and oxygen atoms in total. The summed E-state index contributed by atoms with van der Waals surface area (Å²) in [6, 6.07) is 11.5. The van der Waals surface area contributed by atoms with Crippen molar-refractivity contribution < 1.29 is 19.0 Å². The van der Waals surface area contributed by atoms with E-state index in [9.17, 15) is 4.79 Å². The maximum atomic E-state index is 12.5. The number of carbonyl (C=O) groups is 1. The Kier molecular flexibility index (Phi) is 9.29. The van der Waals surface area contributed by atoms with Gasteiger partial charge in [0.05, 0.1) is 32.4 Å². The first kappa shape index (κ1) is 27.0. The Labute approximate surface area is 229 Å². The molecule has 2 fully saturated rings. The van der Waals surface area contributed by atoms with Gasteiger partial charge in [0.15, 0.2) is 11.5 Å². The van der Waals surface area contributed by atoms with Gasteiger partial charge in [-0.25, -0.2) is 14.8 Å². The maximum Gasteiger partial charge on any atom is 0.319 e. The Bertz CT molecular complexity index is 1240. The Hall–Kier alpha value is -3.63. The van der Waals surface area contributed by atoms with Crippen LogP contribution < -0.4 is 25.4 Å². The first-order valence-corrected chi connectivity index (χ1v) is 13.9. The number of rotatable bonds is 10. The molecule has 39 heavy (non-hydrogen) atoms. The monoisotopic (exact) mass is 534 g/mol. The summed E-state index contributed by atoms with van der Waals surface area (Å²) < 4.78 is 17.1. The predicted octanol–water partition coefficient (Wildman–Crippen LogP) is 4.94. The zero-order valence-corrected chi connectivity index (χ0v) is 22.6. The van der Waals surface area contributed by atoms with Crippen LogP contribution in [0.4, 0.5) is 22.0 Å². The van der Waals surface area contributed by atoms with Gasteiger partial charge in [-0.3, -0.25) is 4.90 Å². The number of anilines is 3. The highest BCUT2D eigenvalue weighted by Crippen LogP contribution is 2.35. The first-order chi connectivity index (χ1) is 19.2. The molecule has 1 aliphatic heterocycles. The van der Waals surface area contributed by atoms with Crippen molar-refractivity contribution in [2.45, 2.75) is 44.6 Å². The van der Waals surface area contributed by atoms with Gasteiger partial charge in [0.25, 0.3) is 0 Å². The quantitative estimate of drug-likeness (QED) is 0.314. The lowest BCUT2D eigenvalue weighted by atomic mass is 9.96. The number of morpholine rings is 1. The van der Waals surface area contributed by atoms with E-state index in [-0.39, 0.29) is 12.1 Å². The molecule has 5 rings (SSSR count). The highest BCUT2D eigenvalue weighted by atomic mass is 16.5. The molecule has 2 aromatic carbocycles. The molecule has 1 saturated heterocycles. The number of amides is 2. The van der Waals surface area contributed by atoms with Crippen LogP contribution in [0.15, 0.2) is 42.7 Å². The summed E-state index contributed by atoms with van der Waals surface area (Å²) in [5, 5.41) is 10.2. The first-order valence-electron chi connectivity index (χ1n) is 13.9. The minimum absolute atomic E-state index is 0.172. The highest BCUT2D eigenvalue weighted by Gasteiger charge is 2.16. The van der Waals surface area contributed by atoms with Crippen LogP contribution >= 0.6 is 0 Å². The SMILES string of the molecule is COc1cc2ncnc(Nc3cccc(NC(=O)NC4CCCCC4)c3)c2cc1OCCCN1CCOCC1. The molecule has 1 saturated carbocycles. The molecule has 2 heterocycles. The number of benzene rings is 2. The summed E-state index contributed by atoms with van der Waals surface area (Å²) in [6.07, 6.45) is 8.11. The molecule has 0 unspecified atom stereocenters. The molecule has 2 aliphatic rings. The van der Waals surface area contributed by atoms with E-state index >= 15 is 0 Å². The van der Waals surface area contributed by atoms with Crippen LogP contribution in [0, 0.1) is 0 Å². The van der Waals surface area contributed by atoms with E-state index in [1.807, 2.05) is 36.4 Å². The summed E-state index contributed by atoms with van der Waals surface area (Å²) >= 11 is 0. The van der Waals surface area contributed by atoms with E-state index in [0.717, 1.165) is 68.7 Å². The third-order valence-electron chi connectivity index (χ3n) is 7.22. The fraction of sp³-hybridized carbons (Fsp3) is 0.483. The minimum Gasteiger partial charge on any atom is -0.493 e.